The summed E-state index contributed by atoms with van der Waals surface area (Å²) in [5.74, 6) is -2.39. The highest BCUT2D eigenvalue weighted by atomic mass is 32.1. The molecule has 0 fully saturated rings. The molecule has 0 radical (unpaired) electrons. The molecule has 1 heterocycles. The second-order valence-electron chi connectivity index (χ2n) is 6.99. The van der Waals surface area contributed by atoms with Crippen LogP contribution in [-0.2, 0) is 16.0 Å². The molecule has 0 saturated carbocycles. The Morgan fingerprint density at radius 1 is 1.23 bits per heavy atom. The number of carbonyl (C=O) groups is 2. The average Bonchev–Trinajstić information content (AvgIpc) is 2.97. The number of nitrogens with zero attached hydrogens (tertiary/aromatic N) is 1. The zero-order valence-corrected chi connectivity index (χ0v) is 15.8. The fraction of sp³-hybridized carbons (Fsp3) is 0.389. The molecule has 0 aliphatic rings. The fourth-order valence-corrected chi connectivity index (χ4v) is 2.84. The topological polar surface area (TPSA) is 71.1 Å². The van der Waals surface area contributed by atoms with E-state index in [4.69, 9.17) is 0 Å². The summed E-state index contributed by atoms with van der Waals surface area (Å²) >= 11 is 1.24. The number of nitrogens with one attached hydrogen (secondary N) is 2. The molecule has 2 aromatic rings. The molecule has 140 valence electrons. The summed E-state index contributed by atoms with van der Waals surface area (Å²) in [6, 6.07) is 3.01. The van der Waals surface area contributed by atoms with Gasteiger partial charge in [0.05, 0.1) is 0 Å². The van der Waals surface area contributed by atoms with E-state index in [2.05, 4.69) is 15.6 Å². The van der Waals surface area contributed by atoms with Crippen LogP contribution in [0.25, 0.3) is 0 Å². The number of rotatable bonds is 5. The van der Waals surface area contributed by atoms with Gasteiger partial charge in [0.2, 0.25) is 11.8 Å². The Hall–Kier alpha value is -2.35. The van der Waals surface area contributed by atoms with Crippen molar-refractivity contribution in [2.45, 2.75) is 40.2 Å². The molecule has 1 atom stereocenters. The van der Waals surface area contributed by atoms with E-state index >= 15 is 0 Å². The average molecular weight is 381 g/mol. The lowest BCUT2D eigenvalue weighted by Gasteiger charge is -2.21. The Kier molecular flexibility index (Phi) is 6.07. The number of benzene rings is 1. The summed E-state index contributed by atoms with van der Waals surface area (Å²) in [6.45, 7) is 6.88. The van der Waals surface area contributed by atoms with Gasteiger partial charge in [0.15, 0.2) is 16.8 Å². The lowest BCUT2D eigenvalue weighted by molar-refractivity contribution is -0.131. The number of hydrogen-bond acceptors (Lipinski definition) is 4. The van der Waals surface area contributed by atoms with Crippen molar-refractivity contribution < 1.29 is 18.4 Å². The fourth-order valence-electron chi connectivity index (χ4n) is 1.99. The Bertz CT molecular complexity index is 815. The first-order chi connectivity index (χ1) is 12.1. The normalized spacial score (nSPS) is 12.5. The minimum atomic E-state index is -0.899. The van der Waals surface area contributed by atoms with Crippen LogP contribution in [0.3, 0.4) is 0 Å². The van der Waals surface area contributed by atoms with Crippen molar-refractivity contribution in [3.8, 4) is 0 Å². The van der Waals surface area contributed by atoms with Crippen LogP contribution in [0.4, 0.5) is 13.9 Å². The van der Waals surface area contributed by atoms with Crippen LogP contribution in [0.2, 0.25) is 0 Å². The first-order valence-electron chi connectivity index (χ1n) is 8.06. The van der Waals surface area contributed by atoms with Gasteiger partial charge in [-0.05, 0) is 24.6 Å². The van der Waals surface area contributed by atoms with Crippen molar-refractivity contribution in [2.24, 2.45) is 5.41 Å². The number of carbonyl (C=O) groups excluding carboxylic acids is 2. The lowest BCUT2D eigenvalue weighted by atomic mass is 9.95. The summed E-state index contributed by atoms with van der Waals surface area (Å²) in [6.07, 6.45) is 1.95. The van der Waals surface area contributed by atoms with Crippen LogP contribution in [0.5, 0.6) is 0 Å². The molecule has 0 saturated heterocycles. The molecule has 2 rings (SSSR count). The lowest BCUT2D eigenvalue weighted by Crippen LogP contribution is -2.46. The molecule has 0 spiro atoms. The Morgan fingerprint density at radius 2 is 1.92 bits per heavy atom. The first-order valence-corrected chi connectivity index (χ1v) is 8.88. The highest BCUT2D eigenvalue weighted by molar-refractivity contribution is 7.15. The van der Waals surface area contributed by atoms with Crippen molar-refractivity contribution in [2.75, 3.05) is 5.32 Å². The summed E-state index contributed by atoms with van der Waals surface area (Å²) in [4.78, 5) is 29.0. The van der Waals surface area contributed by atoms with E-state index in [1.807, 2.05) is 0 Å². The van der Waals surface area contributed by atoms with Crippen molar-refractivity contribution in [1.29, 1.82) is 0 Å². The predicted molar refractivity (Wildman–Crippen MR) is 97.0 cm³/mol. The van der Waals surface area contributed by atoms with Crippen molar-refractivity contribution in [3.63, 3.8) is 0 Å². The number of thiazole rings is 1. The molecule has 0 unspecified atom stereocenters. The summed E-state index contributed by atoms with van der Waals surface area (Å²) in [5, 5.41) is 5.67. The number of hydrogen-bond donors (Lipinski definition) is 2. The minimum absolute atomic E-state index is 0.224. The largest absolute Gasteiger partial charge is 0.344 e. The van der Waals surface area contributed by atoms with Crippen molar-refractivity contribution in [3.05, 3.63) is 46.5 Å². The number of aromatic nitrogens is 1. The Labute approximate surface area is 154 Å². The van der Waals surface area contributed by atoms with Crippen LogP contribution in [0.15, 0.2) is 24.4 Å². The van der Waals surface area contributed by atoms with E-state index < -0.39 is 23.1 Å². The maximum absolute atomic E-state index is 13.3. The van der Waals surface area contributed by atoms with Gasteiger partial charge in [0.1, 0.15) is 6.04 Å². The van der Waals surface area contributed by atoms with Gasteiger partial charge in [-0.15, -0.1) is 11.3 Å². The predicted octanol–water partition coefficient (Wildman–Crippen LogP) is 3.50. The van der Waals surface area contributed by atoms with Crippen LogP contribution < -0.4 is 10.6 Å². The van der Waals surface area contributed by atoms with E-state index in [9.17, 15) is 18.4 Å². The minimum Gasteiger partial charge on any atom is -0.344 e. The molecular formula is C18H21F2N3O2S. The summed E-state index contributed by atoms with van der Waals surface area (Å²) in [7, 11) is 0. The molecule has 1 aromatic carbocycles. The molecule has 0 aliphatic heterocycles. The molecular weight excluding hydrogens is 360 g/mol. The molecule has 2 N–H and O–H groups in total. The highest BCUT2D eigenvalue weighted by Crippen LogP contribution is 2.22. The number of halogens is 2. The van der Waals surface area contributed by atoms with Crippen molar-refractivity contribution in [1.82, 2.24) is 10.3 Å². The van der Waals surface area contributed by atoms with Gasteiger partial charge in [0.25, 0.3) is 0 Å². The first kappa shape index (κ1) is 20.0. The van der Waals surface area contributed by atoms with E-state index in [1.165, 1.54) is 17.4 Å². The maximum Gasteiger partial charge on any atom is 0.248 e. The summed E-state index contributed by atoms with van der Waals surface area (Å²) in [5.41, 5.74) is 0.0177. The molecule has 5 nitrogen and oxygen atoms in total. The van der Waals surface area contributed by atoms with Gasteiger partial charge < -0.3 is 10.6 Å². The van der Waals surface area contributed by atoms with Gasteiger partial charge in [-0.1, -0.05) is 26.8 Å². The van der Waals surface area contributed by atoms with Crippen LogP contribution in [-0.4, -0.2) is 22.8 Å². The van der Waals surface area contributed by atoms with E-state index in [1.54, 1.807) is 33.9 Å². The standard InChI is InChI=1S/C18H21F2N3O2S/c1-10(22-16(25)18(2,3)4)15(24)23-17-21-9-12(26-17)7-11-5-6-13(19)14(20)8-11/h5-6,8-10H,7H2,1-4H3,(H,22,25)(H,21,23,24)/t10-/m1/s1. The van der Waals surface area contributed by atoms with Crippen LogP contribution >= 0.6 is 11.3 Å². The Morgan fingerprint density at radius 3 is 2.54 bits per heavy atom. The third-order valence-corrected chi connectivity index (χ3v) is 4.48. The van der Waals surface area contributed by atoms with E-state index in [-0.39, 0.29) is 11.8 Å². The Balaban J connectivity index is 1.95. The third kappa shape index (κ3) is 5.32. The van der Waals surface area contributed by atoms with E-state index in [0.717, 1.165) is 17.0 Å². The van der Waals surface area contributed by atoms with Gasteiger partial charge >= 0.3 is 0 Å². The molecule has 8 heteroatoms. The van der Waals surface area contributed by atoms with Gasteiger partial charge in [-0.25, -0.2) is 13.8 Å². The van der Waals surface area contributed by atoms with Crippen LogP contribution in [0, 0.1) is 17.0 Å². The third-order valence-electron chi connectivity index (χ3n) is 3.57. The quantitative estimate of drug-likeness (QED) is 0.833. The zero-order valence-electron chi connectivity index (χ0n) is 15.0. The SMILES string of the molecule is C[C@@H](NC(=O)C(C)(C)C)C(=O)Nc1ncc(Cc2ccc(F)c(F)c2)s1. The smallest absolute Gasteiger partial charge is 0.248 e. The molecule has 0 bridgehead atoms. The molecule has 26 heavy (non-hydrogen) atoms. The summed E-state index contributed by atoms with van der Waals surface area (Å²) < 4.78 is 26.2. The zero-order chi connectivity index (χ0) is 19.5. The van der Waals surface area contributed by atoms with Gasteiger partial charge in [0, 0.05) is 22.9 Å². The monoisotopic (exact) mass is 381 g/mol. The number of amides is 2. The van der Waals surface area contributed by atoms with Crippen molar-refractivity contribution >= 4 is 28.3 Å². The highest BCUT2D eigenvalue weighted by Gasteiger charge is 2.25. The second kappa shape index (κ2) is 7.90. The van der Waals surface area contributed by atoms with Gasteiger partial charge in [-0.3, -0.25) is 9.59 Å². The van der Waals surface area contributed by atoms with Gasteiger partial charge in [-0.2, -0.15) is 0 Å². The molecule has 2 amide bonds. The van der Waals surface area contributed by atoms with Crippen LogP contribution in [0.1, 0.15) is 38.1 Å². The number of anilines is 1. The second-order valence-corrected chi connectivity index (χ2v) is 8.11. The maximum atomic E-state index is 13.3. The van der Waals surface area contributed by atoms with E-state index in [0.29, 0.717) is 17.1 Å². The molecule has 0 aliphatic carbocycles. The molecule has 1 aromatic heterocycles.